The van der Waals surface area contributed by atoms with Gasteiger partial charge in [0.15, 0.2) is 5.58 Å². The van der Waals surface area contributed by atoms with E-state index in [9.17, 15) is 18.8 Å². The fourth-order valence-electron chi connectivity index (χ4n) is 3.34. The molecule has 0 unspecified atom stereocenters. The Labute approximate surface area is 161 Å². The molecule has 3 rings (SSSR count). The van der Waals surface area contributed by atoms with Crippen molar-refractivity contribution in [1.82, 2.24) is 15.4 Å². The van der Waals surface area contributed by atoms with Crippen LogP contribution in [0.2, 0.25) is 0 Å². The van der Waals surface area contributed by atoms with Gasteiger partial charge in [-0.1, -0.05) is 5.16 Å². The summed E-state index contributed by atoms with van der Waals surface area (Å²) in [7, 11) is 1.24. The molecular formula is C19H22FN3O5. The van der Waals surface area contributed by atoms with Crippen LogP contribution in [0.5, 0.6) is 0 Å². The van der Waals surface area contributed by atoms with E-state index in [4.69, 9.17) is 4.52 Å². The Kier molecular flexibility index (Phi) is 6.23. The Morgan fingerprint density at radius 2 is 2.04 bits per heavy atom. The highest BCUT2D eigenvalue weighted by atomic mass is 19.1. The molecule has 0 radical (unpaired) electrons. The average Bonchev–Trinajstić information content (AvgIpc) is 3.13. The summed E-state index contributed by atoms with van der Waals surface area (Å²) in [6.45, 7) is 0.913. The first kappa shape index (κ1) is 19.8. The second kappa shape index (κ2) is 8.81. The van der Waals surface area contributed by atoms with Crippen LogP contribution < -0.4 is 5.32 Å². The van der Waals surface area contributed by atoms with E-state index in [2.05, 4.69) is 15.2 Å². The zero-order valence-corrected chi connectivity index (χ0v) is 15.6. The Bertz CT molecular complexity index is 874. The SMILES string of the molecule is COC(=O)CNC(=O)CCC(=O)N1CCC(c2noc3cc(F)ccc23)CC1. The van der Waals surface area contributed by atoms with Crippen molar-refractivity contribution in [3.05, 3.63) is 29.7 Å². The molecule has 2 amide bonds. The van der Waals surface area contributed by atoms with Crippen molar-refractivity contribution >= 4 is 28.8 Å². The number of halogens is 1. The normalized spacial score (nSPS) is 14.9. The molecule has 0 bridgehead atoms. The molecule has 150 valence electrons. The van der Waals surface area contributed by atoms with Crippen molar-refractivity contribution in [3.8, 4) is 0 Å². The Hall–Kier alpha value is -2.97. The third-order valence-electron chi connectivity index (χ3n) is 4.92. The summed E-state index contributed by atoms with van der Waals surface area (Å²) >= 11 is 0. The number of nitrogens with one attached hydrogen (secondary N) is 1. The van der Waals surface area contributed by atoms with Crippen molar-refractivity contribution in [2.24, 2.45) is 0 Å². The number of methoxy groups -OCH3 is 1. The monoisotopic (exact) mass is 391 g/mol. The number of piperidine rings is 1. The van der Waals surface area contributed by atoms with Crippen LogP contribution >= 0.6 is 0 Å². The Balaban J connectivity index is 1.47. The standard InChI is InChI=1S/C19H22FN3O5/c1-27-18(26)11-21-16(24)4-5-17(25)23-8-6-12(7-9-23)19-14-3-2-13(20)10-15(14)28-22-19/h2-3,10,12H,4-9,11H2,1H3,(H,21,24). The number of ether oxygens (including phenoxy) is 1. The highest BCUT2D eigenvalue weighted by molar-refractivity contribution is 5.86. The lowest BCUT2D eigenvalue weighted by Crippen LogP contribution is -2.38. The summed E-state index contributed by atoms with van der Waals surface area (Å²) in [5, 5.41) is 7.30. The van der Waals surface area contributed by atoms with Gasteiger partial charge in [0, 0.05) is 43.3 Å². The number of benzene rings is 1. The maximum Gasteiger partial charge on any atom is 0.325 e. The number of hydrogen-bond donors (Lipinski definition) is 1. The van der Waals surface area contributed by atoms with E-state index in [0.717, 1.165) is 23.9 Å². The summed E-state index contributed by atoms with van der Waals surface area (Å²) in [5.74, 6) is -1.23. The van der Waals surface area contributed by atoms with E-state index in [-0.39, 0.29) is 42.9 Å². The molecule has 1 N–H and O–H groups in total. The highest BCUT2D eigenvalue weighted by Gasteiger charge is 2.27. The minimum absolute atomic E-state index is 0.0231. The first-order chi connectivity index (χ1) is 13.5. The number of fused-ring (bicyclic) bond motifs is 1. The number of aromatic nitrogens is 1. The number of likely N-dealkylation sites (tertiary alicyclic amines) is 1. The summed E-state index contributed by atoms with van der Waals surface area (Å²) < 4.78 is 22.9. The number of carbonyl (C=O) groups excluding carboxylic acids is 3. The van der Waals surface area contributed by atoms with Gasteiger partial charge >= 0.3 is 5.97 Å². The summed E-state index contributed by atoms with van der Waals surface area (Å²) in [6.07, 6.45) is 1.55. The highest BCUT2D eigenvalue weighted by Crippen LogP contribution is 2.32. The van der Waals surface area contributed by atoms with Crippen molar-refractivity contribution in [3.63, 3.8) is 0 Å². The molecule has 1 aromatic heterocycles. The van der Waals surface area contributed by atoms with Crippen LogP contribution in [0, 0.1) is 5.82 Å². The lowest BCUT2D eigenvalue weighted by molar-refractivity contribution is -0.141. The summed E-state index contributed by atoms with van der Waals surface area (Å²) in [5.41, 5.74) is 1.22. The summed E-state index contributed by atoms with van der Waals surface area (Å²) in [6, 6.07) is 4.36. The number of hydrogen-bond acceptors (Lipinski definition) is 6. The molecular weight excluding hydrogens is 369 g/mol. The van der Waals surface area contributed by atoms with Crippen LogP contribution in [0.25, 0.3) is 11.0 Å². The molecule has 2 aromatic rings. The Morgan fingerprint density at radius 1 is 1.29 bits per heavy atom. The molecule has 28 heavy (non-hydrogen) atoms. The van der Waals surface area contributed by atoms with Crippen LogP contribution in [0.4, 0.5) is 4.39 Å². The van der Waals surface area contributed by atoms with Gasteiger partial charge < -0.3 is 19.5 Å². The quantitative estimate of drug-likeness (QED) is 0.753. The maximum absolute atomic E-state index is 13.3. The van der Waals surface area contributed by atoms with E-state index in [0.29, 0.717) is 18.7 Å². The number of rotatable bonds is 6. The third-order valence-corrected chi connectivity index (χ3v) is 4.92. The fourth-order valence-corrected chi connectivity index (χ4v) is 3.34. The van der Waals surface area contributed by atoms with Gasteiger partial charge in [-0.25, -0.2) is 4.39 Å². The van der Waals surface area contributed by atoms with Crippen LogP contribution in [0.3, 0.4) is 0 Å². The molecule has 9 heteroatoms. The van der Waals surface area contributed by atoms with Crippen LogP contribution in [-0.2, 0) is 19.1 Å². The first-order valence-electron chi connectivity index (χ1n) is 9.14. The Morgan fingerprint density at radius 3 is 2.75 bits per heavy atom. The lowest BCUT2D eigenvalue weighted by Gasteiger charge is -2.31. The second-order valence-corrected chi connectivity index (χ2v) is 6.72. The summed E-state index contributed by atoms with van der Waals surface area (Å²) in [4.78, 5) is 36.7. The molecule has 0 saturated carbocycles. The average molecular weight is 391 g/mol. The molecule has 0 spiro atoms. The second-order valence-electron chi connectivity index (χ2n) is 6.72. The molecule has 0 aliphatic carbocycles. The minimum Gasteiger partial charge on any atom is -0.468 e. The maximum atomic E-state index is 13.3. The zero-order chi connectivity index (χ0) is 20.1. The molecule has 0 atom stereocenters. The molecule has 1 fully saturated rings. The van der Waals surface area contributed by atoms with Crippen molar-refractivity contribution < 1.29 is 28.0 Å². The zero-order valence-electron chi connectivity index (χ0n) is 15.6. The van der Waals surface area contributed by atoms with E-state index in [1.807, 2.05) is 0 Å². The largest absolute Gasteiger partial charge is 0.468 e. The number of nitrogens with zero attached hydrogens (tertiary/aromatic N) is 2. The smallest absolute Gasteiger partial charge is 0.325 e. The number of amides is 2. The van der Waals surface area contributed by atoms with Crippen LogP contribution in [-0.4, -0.2) is 54.6 Å². The van der Waals surface area contributed by atoms with Crippen molar-refractivity contribution in [2.75, 3.05) is 26.7 Å². The predicted octanol–water partition coefficient (Wildman–Crippen LogP) is 1.74. The van der Waals surface area contributed by atoms with E-state index >= 15 is 0 Å². The van der Waals surface area contributed by atoms with Crippen LogP contribution in [0.1, 0.15) is 37.3 Å². The van der Waals surface area contributed by atoms with Gasteiger partial charge in [-0.05, 0) is 25.0 Å². The number of carbonyl (C=O) groups is 3. The van der Waals surface area contributed by atoms with Gasteiger partial charge in [-0.3, -0.25) is 14.4 Å². The molecule has 1 saturated heterocycles. The van der Waals surface area contributed by atoms with Crippen molar-refractivity contribution in [1.29, 1.82) is 0 Å². The van der Waals surface area contributed by atoms with E-state index < -0.39 is 5.97 Å². The molecule has 1 aromatic carbocycles. The third kappa shape index (κ3) is 4.65. The fraction of sp³-hybridized carbons (Fsp3) is 0.474. The predicted molar refractivity (Wildman–Crippen MR) is 96.8 cm³/mol. The van der Waals surface area contributed by atoms with E-state index in [1.54, 1.807) is 11.0 Å². The first-order valence-corrected chi connectivity index (χ1v) is 9.14. The lowest BCUT2D eigenvalue weighted by atomic mass is 9.91. The van der Waals surface area contributed by atoms with Gasteiger partial charge in [-0.2, -0.15) is 0 Å². The minimum atomic E-state index is -0.537. The van der Waals surface area contributed by atoms with E-state index in [1.165, 1.54) is 19.2 Å². The van der Waals surface area contributed by atoms with Crippen LogP contribution in [0.15, 0.2) is 22.7 Å². The molecule has 1 aliphatic rings. The topological polar surface area (TPSA) is 102 Å². The van der Waals surface area contributed by atoms with Gasteiger partial charge in [0.1, 0.15) is 12.4 Å². The molecule has 1 aliphatic heterocycles. The van der Waals surface area contributed by atoms with Gasteiger partial charge in [-0.15, -0.1) is 0 Å². The van der Waals surface area contributed by atoms with Gasteiger partial charge in [0.2, 0.25) is 11.8 Å². The van der Waals surface area contributed by atoms with Gasteiger partial charge in [0.25, 0.3) is 0 Å². The molecule has 8 nitrogen and oxygen atoms in total. The molecule has 2 heterocycles. The van der Waals surface area contributed by atoms with Crippen molar-refractivity contribution in [2.45, 2.75) is 31.6 Å². The van der Waals surface area contributed by atoms with Gasteiger partial charge in [0.05, 0.1) is 12.8 Å². The number of esters is 1.